The summed E-state index contributed by atoms with van der Waals surface area (Å²) in [6.07, 6.45) is 0. The van der Waals surface area contributed by atoms with E-state index in [9.17, 15) is 23.7 Å². The Labute approximate surface area is 153 Å². The maximum absolute atomic E-state index is 14.1. The van der Waals surface area contributed by atoms with Gasteiger partial charge in [0, 0.05) is 23.8 Å². The van der Waals surface area contributed by atoms with Gasteiger partial charge in [0.05, 0.1) is 10.6 Å². The van der Waals surface area contributed by atoms with Crippen LogP contribution in [-0.4, -0.2) is 16.5 Å². The summed E-state index contributed by atoms with van der Waals surface area (Å²) in [4.78, 5) is 23.0. The first-order chi connectivity index (χ1) is 12.4. The van der Waals surface area contributed by atoms with Gasteiger partial charge in [0.1, 0.15) is 22.7 Å². The summed E-state index contributed by atoms with van der Waals surface area (Å²) in [7, 11) is 0. The summed E-state index contributed by atoms with van der Waals surface area (Å²) in [6, 6.07) is 3.78. The number of hydrogen-bond acceptors (Lipinski definition) is 6. The van der Waals surface area contributed by atoms with E-state index in [2.05, 4.69) is 0 Å². The summed E-state index contributed by atoms with van der Waals surface area (Å²) in [5.74, 6) is -3.34. The lowest BCUT2D eigenvalue weighted by molar-refractivity contribution is -0.385. The SMILES string of the molecule is Cc1c(Oc2cc(F)cc(N)c2F)ccc([N+](=O)[O-])c1C(=O)OC(C)(C)C. The molecule has 0 bridgehead atoms. The summed E-state index contributed by atoms with van der Waals surface area (Å²) >= 11 is 0. The van der Waals surface area contributed by atoms with Crippen LogP contribution in [0.5, 0.6) is 11.5 Å². The predicted octanol–water partition coefficient (Wildman–Crippen LogP) is 4.51. The van der Waals surface area contributed by atoms with Crippen LogP contribution in [0.2, 0.25) is 0 Å². The van der Waals surface area contributed by atoms with E-state index in [4.69, 9.17) is 15.2 Å². The van der Waals surface area contributed by atoms with Gasteiger partial charge in [0.25, 0.3) is 5.69 Å². The molecule has 0 aromatic heterocycles. The van der Waals surface area contributed by atoms with Crippen molar-refractivity contribution in [1.29, 1.82) is 0 Å². The molecular weight excluding hydrogens is 362 g/mol. The summed E-state index contributed by atoms with van der Waals surface area (Å²) in [5.41, 5.74) is 3.23. The maximum atomic E-state index is 14.1. The van der Waals surface area contributed by atoms with Gasteiger partial charge in [0.15, 0.2) is 11.6 Å². The molecular formula is C18H18F2N2O5. The second kappa shape index (κ2) is 7.18. The zero-order chi connectivity index (χ0) is 20.5. The Morgan fingerprint density at radius 3 is 2.37 bits per heavy atom. The summed E-state index contributed by atoms with van der Waals surface area (Å²) < 4.78 is 38.1. The number of nitrogen functional groups attached to an aromatic ring is 1. The van der Waals surface area contributed by atoms with Gasteiger partial charge in [-0.2, -0.15) is 0 Å². The first kappa shape index (κ1) is 20.1. The van der Waals surface area contributed by atoms with Gasteiger partial charge in [-0.15, -0.1) is 0 Å². The molecule has 0 amide bonds. The Kier molecular flexibility index (Phi) is 5.34. The number of anilines is 1. The van der Waals surface area contributed by atoms with Gasteiger partial charge in [0.2, 0.25) is 0 Å². The smallest absolute Gasteiger partial charge is 0.346 e. The van der Waals surface area contributed by atoms with E-state index in [0.29, 0.717) is 0 Å². The molecule has 2 N–H and O–H groups in total. The minimum atomic E-state index is -0.993. The topological polar surface area (TPSA) is 105 Å². The zero-order valence-corrected chi connectivity index (χ0v) is 15.1. The third-order valence-electron chi connectivity index (χ3n) is 3.45. The third kappa shape index (κ3) is 4.49. The molecule has 0 aliphatic rings. The lowest BCUT2D eigenvalue weighted by Gasteiger charge is -2.20. The first-order valence-electron chi connectivity index (χ1n) is 7.84. The fourth-order valence-corrected chi connectivity index (χ4v) is 2.30. The molecule has 0 saturated carbocycles. The molecule has 0 aliphatic heterocycles. The Bertz CT molecular complexity index is 923. The van der Waals surface area contributed by atoms with Crippen molar-refractivity contribution in [1.82, 2.24) is 0 Å². The van der Waals surface area contributed by atoms with Crippen LogP contribution >= 0.6 is 0 Å². The Balaban J connectivity index is 2.56. The second-order valence-corrected chi connectivity index (χ2v) is 6.75. The van der Waals surface area contributed by atoms with Crippen molar-refractivity contribution in [3.63, 3.8) is 0 Å². The first-order valence-corrected chi connectivity index (χ1v) is 7.84. The van der Waals surface area contributed by atoms with Crippen LogP contribution in [0, 0.1) is 28.7 Å². The highest BCUT2D eigenvalue weighted by molar-refractivity contribution is 5.96. The van der Waals surface area contributed by atoms with Crippen LogP contribution in [-0.2, 0) is 4.74 Å². The zero-order valence-electron chi connectivity index (χ0n) is 15.1. The van der Waals surface area contributed by atoms with Gasteiger partial charge in [-0.3, -0.25) is 10.1 Å². The lowest BCUT2D eigenvalue weighted by atomic mass is 10.0. The predicted molar refractivity (Wildman–Crippen MR) is 93.8 cm³/mol. The average Bonchev–Trinajstić information content (AvgIpc) is 2.51. The number of nitro groups is 1. The fourth-order valence-electron chi connectivity index (χ4n) is 2.30. The number of nitro benzene ring substituents is 1. The van der Waals surface area contributed by atoms with Crippen molar-refractivity contribution in [2.45, 2.75) is 33.3 Å². The van der Waals surface area contributed by atoms with Crippen LogP contribution in [0.4, 0.5) is 20.2 Å². The van der Waals surface area contributed by atoms with E-state index in [1.54, 1.807) is 20.8 Å². The highest BCUT2D eigenvalue weighted by Crippen LogP contribution is 2.36. The average molecular weight is 380 g/mol. The standard InChI is InChI=1S/C18H18F2N2O5/c1-9-13(26-14-8-10(19)7-11(21)16(14)20)6-5-12(22(24)25)15(9)17(23)27-18(2,3)4/h5-8H,21H2,1-4H3. The van der Waals surface area contributed by atoms with Crippen molar-refractivity contribution in [3.8, 4) is 11.5 Å². The van der Waals surface area contributed by atoms with Crippen LogP contribution in [0.15, 0.2) is 24.3 Å². The van der Waals surface area contributed by atoms with E-state index in [1.165, 1.54) is 13.0 Å². The molecule has 0 unspecified atom stereocenters. The van der Waals surface area contributed by atoms with Crippen molar-refractivity contribution < 1.29 is 28.0 Å². The molecule has 144 valence electrons. The van der Waals surface area contributed by atoms with Gasteiger partial charge in [-0.1, -0.05) is 0 Å². The summed E-state index contributed by atoms with van der Waals surface area (Å²) in [6.45, 7) is 6.20. The molecule has 27 heavy (non-hydrogen) atoms. The molecule has 0 fully saturated rings. The molecule has 9 heteroatoms. The molecule has 7 nitrogen and oxygen atoms in total. The fraction of sp³-hybridized carbons (Fsp3) is 0.278. The monoisotopic (exact) mass is 380 g/mol. The van der Waals surface area contributed by atoms with Gasteiger partial charge in [-0.05, 0) is 33.8 Å². The van der Waals surface area contributed by atoms with Crippen molar-refractivity contribution in [2.75, 3.05) is 5.73 Å². The molecule has 2 rings (SSSR count). The molecule has 0 saturated heterocycles. The summed E-state index contributed by atoms with van der Waals surface area (Å²) in [5, 5.41) is 11.3. The number of carbonyl (C=O) groups excluding carboxylic acids is 1. The minimum Gasteiger partial charge on any atom is -0.456 e. The molecule has 2 aromatic rings. The third-order valence-corrected chi connectivity index (χ3v) is 3.45. The van der Waals surface area contributed by atoms with Crippen LogP contribution in [0.25, 0.3) is 0 Å². The Morgan fingerprint density at radius 2 is 1.81 bits per heavy atom. The van der Waals surface area contributed by atoms with Crippen molar-refractivity contribution in [3.05, 3.63) is 57.1 Å². The molecule has 2 aromatic carbocycles. The van der Waals surface area contributed by atoms with Crippen molar-refractivity contribution in [2.24, 2.45) is 0 Å². The number of halogens is 2. The van der Waals surface area contributed by atoms with E-state index >= 15 is 0 Å². The van der Waals surface area contributed by atoms with E-state index < -0.39 is 45.3 Å². The highest BCUT2D eigenvalue weighted by Gasteiger charge is 2.29. The van der Waals surface area contributed by atoms with E-state index in [1.807, 2.05) is 0 Å². The number of nitrogens with zero attached hydrogens (tertiary/aromatic N) is 1. The number of carbonyl (C=O) groups is 1. The largest absolute Gasteiger partial charge is 0.456 e. The van der Waals surface area contributed by atoms with E-state index in [-0.39, 0.29) is 16.9 Å². The second-order valence-electron chi connectivity index (χ2n) is 6.75. The Morgan fingerprint density at radius 1 is 1.19 bits per heavy atom. The van der Waals surface area contributed by atoms with Crippen LogP contribution < -0.4 is 10.5 Å². The number of benzene rings is 2. The van der Waals surface area contributed by atoms with Gasteiger partial charge >= 0.3 is 5.97 Å². The number of nitrogens with two attached hydrogens (primary N) is 1. The maximum Gasteiger partial charge on any atom is 0.346 e. The van der Waals surface area contributed by atoms with Crippen LogP contribution in [0.3, 0.4) is 0 Å². The van der Waals surface area contributed by atoms with Crippen LogP contribution in [0.1, 0.15) is 36.7 Å². The lowest BCUT2D eigenvalue weighted by Crippen LogP contribution is -2.25. The number of esters is 1. The number of hydrogen-bond donors (Lipinski definition) is 1. The van der Waals surface area contributed by atoms with Crippen molar-refractivity contribution >= 4 is 17.3 Å². The normalized spacial score (nSPS) is 11.2. The Hall–Kier alpha value is -3.23. The van der Waals surface area contributed by atoms with Gasteiger partial charge < -0.3 is 15.2 Å². The van der Waals surface area contributed by atoms with E-state index in [0.717, 1.165) is 18.2 Å². The quantitative estimate of drug-likeness (QED) is 0.362. The minimum absolute atomic E-state index is 0.0423. The van der Waals surface area contributed by atoms with Gasteiger partial charge in [-0.25, -0.2) is 13.6 Å². The molecule has 0 aliphatic carbocycles. The molecule has 0 spiro atoms. The molecule has 0 heterocycles. The highest BCUT2D eigenvalue weighted by atomic mass is 19.1. The number of ether oxygens (including phenoxy) is 2. The number of rotatable bonds is 4. The molecule has 0 radical (unpaired) electrons. The molecule has 0 atom stereocenters.